The van der Waals surface area contributed by atoms with Gasteiger partial charge in [0.2, 0.25) is 5.91 Å². The summed E-state index contributed by atoms with van der Waals surface area (Å²) in [5.74, 6) is 1.17. The molecule has 0 atom stereocenters. The molecule has 0 fully saturated rings. The number of nitrogens with zero attached hydrogens (tertiary/aromatic N) is 2. The highest BCUT2D eigenvalue weighted by Crippen LogP contribution is 2.33. The molecule has 0 radical (unpaired) electrons. The number of aromatic nitrogens is 2. The molecular formula is C17H17N3O3S2. The Hall–Kier alpha value is -2.45. The predicted octanol–water partition coefficient (Wildman–Crippen LogP) is 3.77. The van der Waals surface area contributed by atoms with E-state index in [1.54, 1.807) is 14.2 Å². The average molecular weight is 375 g/mol. The molecule has 1 aromatic carbocycles. The van der Waals surface area contributed by atoms with Gasteiger partial charge >= 0.3 is 0 Å². The van der Waals surface area contributed by atoms with E-state index in [1.807, 2.05) is 35.9 Å². The van der Waals surface area contributed by atoms with Gasteiger partial charge in [-0.05, 0) is 25.1 Å². The van der Waals surface area contributed by atoms with Gasteiger partial charge in [-0.1, -0.05) is 0 Å². The average Bonchev–Trinajstić information content (AvgIpc) is 3.23. The summed E-state index contributed by atoms with van der Waals surface area (Å²) in [6.45, 7) is 1.92. The summed E-state index contributed by atoms with van der Waals surface area (Å²) in [6, 6.07) is 5.59. The van der Waals surface area contributed by atoms with Crippen molar-refractivity contribution < 1.29 is 14.3 Å². The number of methoxy groups -OCH3 is 2. The number of hydrogen-bond donors (Lipinski definition) is 1. The van der Waals surface area contributed by atoms with E-state index in [0.717, 1.165) is 22.0 Å². The molecule has 2 heterocycles. The second-order valence-electron chi connectivity index (χ2n) is 5.19. The highest BCUT2D eigenvalue weighted by Gasteiger charge is 2.12. The Morgan fingerprint density at radius 3 is 2.60 bits per heavy atom. The third kappa shape index (κ3) is 4.15. The van der Waals surface area contributed by atoms with E-state index in [4.69, 9.17) is 9.47 Å². The number of aryl methyl sites for hydroxylation is 1. The van der Waals surface area contributed by atoms with Gasteiger partial charge in [-0.15, -0.1) is 22.7 Å². The van der Waals surface area contributed by atoms with Crippen LogP contribution >= 0.6 is 22.7 Å². The fourth-order valence-corrected chi connectivity index (χ4v) is 3.63. The van der Waals surface area contributed by atoms with Crippen molar-refractivity contribution in [1.82, 2.24) is 9.97 Å². The summed E-state index contributed by atoms with van der Waals surface area (Å²) in [4.78, 5) is 20.9. The summed E-state index contributed by atoms with van der Waals surface area (Å²) >= 11 is 2.91. The van der Waals surface area contributed by atoms with Crippen LogP contribution < -0.4 is 14.8 Å². The lowest BCUT2D eigenvalue weighted by molar-refractivity contribution is -0.115. The van der Waals surface area contributed by atoms with Crippen molar-refractivity contribution in [2.45, 2.75) is 13.3 Å². The number of anilines is 1. The Morgan fingerprint density at radius 2 is 1.92 bits per heavy atom. The monoisotopic (exact) mass is 375 g/mol. The highest BCUT2D eigenvalue weighted by atomic mass is 32.1. The van der Waals surface area contributed by atoms with Crippen LogP contribution in [0.5, 0.6) is 11.5 Å². The normalized spacial score (nSPS) is 10.5. The molecule has 3 rings (SSSR count). The van der Waals surface area contributed by atoms with Crippen LogP contribution in [-0.2, 0) is 11.2 Å². The maximum absolute atomic E-state index is 12.1. The molecule has 3 aromatic rings. The van der Waals surface area contributed by atoms with Gasteiger partial charge in [-0.25, -0.2) is 9.97 Å². The summed E-state index contributed by atoms with van der Waals surface area (Å²) in [6.07, 6.45) is 0.246. The number of amides is 1. The molecule has 0 aliphatic rings. The predicted molar refractivity (Wildman–Crippen MR) is 99.8 cm³/mol. The van der Waals surface area contributed by atoms with E-state index < -0.39 is 0 Å². The quantitative estimate of drug-likeness (QED) is 0.710. The molecule has 1 amide bonds. The minimum absolute atomic E-state index is 0.126. The molecule has 25 heavy (non-hydrogen) atoms. The number of benzene rings is 1. The highest BCUT2D eigenvalue weighted by molar-refractivity contribution is 7.14. The zero-order chi connectivity index (χ0) is 17.8. The van der Waals surface area contributed by atoms with Crippen molar-refractivity contribution in [2.24, 2.45) is 0 Å². The third-order valence-corrected chi connectivity index (χ3v) is 5.02. The molecular weight excluding hydrogens is 358 g/mol. The second kappa shape index (κ2) is 7.62. The van der Waals surface area contributed by atoms with Crippen molar-refractivity contribution in [3.05, 3.63) is 39.7 Å². The van der Waals surface area contributed by atoms with Gasteiger partial charge in [-0.2, -0.15) is 0 Å². The van der Waals surface area contributed by atoms with Gasteiger partial charge in [0.15, 0.2) is 16.6 Å². The molecule has 0 saturated heterocycles. The van der Waals surface area contributed by atoms with Gasteiger partial charge in [0.1, 0.15) is 0 Å². The number of nitrogens with one attached hydrogen (secondary N) is 1. The minimum Gasteiger partial charge on any atom is -0.493 e. The van der Waals surface area contributed by atoms with Gasteiger partial charge < -0.3 is 14.8 Å². The van der Waals surface area contributed by atoms with Crippen LogP contribution in [0.1, 0.15) is 10.7 Å². The SMILES string of the molecule is COc1ccc(-c2csc(NC(=O)Cc3csc(C)n3)n2)cc1OC. The van der Waals surface area contributed by atoms with Crippen LogP contribution in [0.15, 0.2) is 29.0 Å². The van der Waals surface area contributed by atoms with Gasteiger partial charge in [0.05, 0.1) is 37.0 Å². The first-order valence-electron chi connectivity index (χ1n) is 7.48. The third-order valence-electron chi connectivity index (χ3n) is 3.44. The van der Waals surface area contributed by atoms with Crippen LogP contribution in [0.25, 0.3) is 11.3 Å². The zero-order valence-electron chi connectivity index (χ0n) is 14.0. The van der Waals surface area contributed by atoms with E-state index in [2.05, 4.69) is 15.3 Å². The summed E-state index contributed by atoms with van der Waals surface area (Å²) in [5.41, 5.74) is 2.44. The number of ether oxygens (including phenoxy) is 2. The van der Waals surface area contributed by atoms with Crippen molar-refractivity contribution in [2.75, 3.05) is 19.5 Å². The Morgan fingerprint density at radius 1 is 1.12 bits per heavy atom. The van der Waals surface area contributed by atoms with E-state index in [0.29, 0.717) is 16.6 Å². The fraction of sp³-hybridized carbons (Fsp3) is 0.235. The Balaban J connectivity index is 1.70. The van der Waals surface area contributed by atoms with Crippen LogP contribution in [0, 0.1) is 6.92 Å². The fourth-order valence-electron chi connectivity index (χ4n) is 2.28. The lowest BCUT2D eigenvalue weighted by Gasteiger charge is -2.08. The van der Waals surface area contributed by atoms with Crippen LogP contribution in [-0.4, -0.2) is 30.1 Å². The first kappa shape index (κ1) is 17.4. The number of carbonyl (C=O) groups is 1. The number of thiazole rings is 2. The molecule has 0 aliphatic heterocycles. The molecule has 8 heteroatoms. The van der Waals surface area contributed by atoms with Crippen LogP contribution in [0.2, 0.25) is 0 Å². The van der Waals surface area contributed by atoms with Gasteiger partial charge in [-0.3, -0.25) is 4.79 Å². The molecule has 2 aromatic heterocycles. The molecule has 6 nitrogen and oxygen atoms in total. The number of rotatable bonds is 6. The van der Waals surface area contributed by atoms with Crippen LogP contribution in [0.4, 0.5) is 5.13 Å². The smallest absolute Gasteiger partial charge is 0.232 e. The molecule has 0 bridgehead atoms. The summed E-state index contributed by atoms with van der Waals surface area (Å²) in [7, 11) is 3.19. The summed E-state index contributed by atoms with van der Waals surface area (Å²) < 4.78 is 10.6. The maximum Gasteiger partial charge on any atom is 0.232 e. The molecule has 130 valence electrons. The molecule has 0 spiro atoms. The molecule has 0 saturated carbocycles. The number of carbonyl (C=O) groups excluding carboxylic acids is 1. The largest absolute Gasteiger partial charge is 0.493 e. The molecule has 0 unspecified atom stereocenters. The Bertz CT molecular complexity index is 889. The van der Waals surface area contributed by atoms with E-state index in [-0.39, 0.29) is 12.3 Å². The molecule has 1 N–H and O–H groups in total. The Labute approximate surface area is 153 Å². The van der Waals surface area contributed by atoms with Crippen molar-refractivity contribution in [3.8, 4) is 22.8 Å². The van der Waals surface area contributed by atoms with E-state index in [1.165, 1.54) is 22.7 Å². The van der Waals surface area contributed by atoms with Crippen molar-refractivity contribution in [3.63, 3.8) is 0 Å². The topological polar surface area (TPSA) is 73.3 Å². The molecule has 0 aliphatic carbocycles. The minimum atomic E-state index is -0.126. The first-order valence-corrected chi connectivity index (χ1v) is 9.23. The van der Waals surface area contributed by atoms with Gasteiger partial charge in [0.25, 0.3) is 0 Å². The first-order chi connectivity index (χ1) is 12.1. The zero-order valence-corrected chi connectivity index (χ0v) is 15.7. The lowest BCUT2D eigenvalue weighted by atomic mass is 10.1. The van der Waals surface area contributed by atoms with E-state index in [9.17, 15) is 4.79 Å². The van der Waals surface area contributed by atoms with Crippen molar-refractivity contribution in [1.29, 1.82) is 0 Å². The summed E-state index contributed by atoms with van der Waals surface area (Å²) in [5, 5.41) is 8.11. The Kier molecular flexibility index (Phi) is 5.30. The second-order valence-corrected chi connectivity index (χ2v) is 7.11. The lowest BCUT2D eigenvalue weighted by Crippen LogP contribution is -2.14. The van der Waals surface area contributed by atoms with Crippen LogP contribution in [0.3, 0.4) is 0 Å². The maximum atomic E-state index is 12.1. The van der Waals surface area contributed by atoms with E-state index >= 15 is 0 Å². The number of hydrogen-bond acceptors (Lipinski definition) is 7. The van der Waals surface area contributed by atoms with Gasteiger partial charge in [0, 0.05) is 16.3 Å². The van der Waals surface area contributed by atoms with Crippen molar-refractivity contribution >= 4 is 33.7 Å². The standard InChI is InChI=1S/C17H17N3O3S2/c1-10-18-12(8-24-10)7-16(21)20-17-19-13(9-25-17)11-4-5-14(22-2)15(6-11)23-3/h4-6,8-9H,7H2,1-3H3,(H,19,20,21).